The largest absolute Gasteiger partial charge is 0.467 e. The third-order valence-corrected chi connectivity index (χ3v) is 4.73. The summed E-state index contributed by atoms with van der Waals surface area (Å²) in [6.07, 6.45) is 1.06. The predicted molar refractivity (Wildman–Crippen MR) is 99.6 cm³/mol. The van der Waals surface area contributed by atoms with E-state index in [0.717, 1.165) is 11.1 Å². The normalized spacial score (nSPS) is 18.4. The second kappa shape index (κ2) is 8.63. The fourth-order valence-electron chi connectivity index (χ4n) is 3.37. The fraction of sp³-hybridized carbons (Fsp3) is 0.333. The molecule has 5 nitrogen and oxygen atoms in total. The minimum absolute atomic E-state index is 0.0496. The molecule has 2 aromatic carbocycles. The maximum absolute atomic E-state index is 13.0. The van der Waals surface area contributed by atoms with E-state index < -0.39 is 6.04 Å². The highest BCUT2D eigenvalue weighted by molar-refractivity contribution is 5.88. The summed E-state index contributed by atoms with van der Waals surface area (Å²) in [5.74, 6) is -0.422. The zero-order valence-corrected chi connectivity index (χ0v) is 14.9. The molecule has 1 aliphatic heterocycles. The first-order valence-corrected chi connectivity index (χ1v) is 8.88. The molecule has 0 aromatic heterocycles. The van der Waals surface area contributed by atoms with Gasteiger partial charge in [0.05, 0.1) is 13.2 Å². The Kier molecular flexibility index (Phi) is 6.02. The summed E-state index contributed by atoms with van der Waals surface area (Å²) in [6, 6.07) is 18.7. The lowest BCUT2D eigenvalue weighted by atomic mass is 9.99. The van der Waals surface area contributed by atoms with E-state index in [1.165, 1.54) is 7.11 Å². The second-order valence-electron chi connectivity index (χ2n) is 6.46. The van der Waals surface area contributed by atoms with E-state index in [4.69, 9.17) is 4.74 Å². The lowest BCUT2D eigenvalue weighted by molar-refractivity contribution is -0.154. The average Bonchev–Trinajstić information content (AvgIpc) is 2.69. The molecule has 1 fully saturated rings. The molecule has 5 heteroatoms. The van der Waals surface area contributed by atoms with Crippen LogP contribution in [0.1, 0.15) is 11.1 Å². The topological polar surface area (TPSA) is 58.6 Å². The number of carbonyl (C=O) groups excluding carboxylic acids is 2. The number of methoxy groups -OCH3 is 1. The summed E-state index contributed by atoms with van der Waals surface area (Å²) in [6.45, 7) is 1.16. The minimum atomic E-state index is -0.602. The number of amides is 1. The monoisotopic (exact) mass is 352 g/mol. The van der Waals surface area contributed by atoms with Gasteiger partial charge >= 0.3 is 5.97 Å². The molecule has 0 spiro atoms. The van der Waals surface area contributed by atoms with Crippen molar-refractivity contribution >= 4 is 11.9 Å². The summed E-state index contributed by atoms with van der Waals surface area (Å²) in [5.41, 5.74) is 2.10. The van der Waals surface area contributed by atoms with Gasteiger partial charge in [-0.25, -0.2) is 4.79 Å². The van der Waals surface area contributed by atoms with E-state index >= 15 is 0 Å². The van der Waals surface area contributed by atoms with E-state index in [1.807, 2.05) is 60.7 Å². The summed E-state index contributed by atoms with van der Waals surface area (Å²) in [4.78, 5) is 27.1. The van der Waals surface area contributed by atoms with Gasteiger partial charge in [-0.2, -0.15) is 0 Å². The zero-order chi connectivity index (χ0) is 18.4. The molecule has 1 amide bonds. The van der Waals surface area contributed by atoms with Gasteiger partial charge in [0.2, 0.25) is 5.91 Å². The van der Waals surface area contributed by atoms with Crippen LogP contribution in [0, 0.1) is 0 Å². The number of benzene rings is 2. The first kappa shape index (κ1) is 18.1. The van der Waals surface area contributed by atoms with Crippen molar-refractivity contribution in [2.75, 3.05) is 20.2 Å². The number of hydrogen-bond acceptors (Lipinski definition) is 4. The molecular formula is C21H24N2O3. The quantitative estimate of drug-likeness (QED) is 0.806. The lowest BCUT2D eigenvalue weighted by Gasteiger charge is -2.37. The highest BCUT2D eigenvalue weighted by atomic mass is 16.5. The van der Waals surface area contributed by atoms with Gasteiger partial charge in [-0.1, -0.05) is 60.7 Å². The Morgan fingerprint density at radius 2 is 1.73 bits per heavy atom. The molecule has 1 aliphatic rings. The number of piperazine rings is 1. The number of nitrogens with one attached hydrogen (secondary N) is 1. The number of ether oxygens (including phenoxy) is 1. The number of rotatable bonds is 6. The predicted octanol–water partition coefficient (Wildman–Crippen LogP) is 1.81. The van der Waals surface area contributed by atoms with Gasteiger partial charge in [0.1, 0.15) is 6.04 Å². The maximum atomic E-state index is 13.0. The standard InChI is InChI=1S/C21H24N2O3/c1-26-21(25)19(15-17-10-6-3-7-11-17)23-13-12-22-18(20(23)24)14-16-8-4-2-5-9-16/h2-11,18-19,22H,12-15H2,1H3/t18-,19-/m0/s1. The van der Waals surface area contributed by atoms with Crippen molar-refractivity contribution in [3.05, 3.63) is 71.8 Å². The first-order chi connectivity index (χ1) is 12.7. The molecule has 0 aliphatic carbocycles. The van der Waals surface area contributed by atoms with Crippen molar-refractivity contribution in [3.8, 4) is 0 Å². The molecule has 1 heterocycles. The zero-order valence-electron chi connectivity index (χ0n) is 14.9. The summed E-state index contributed by atoms with van der Waals surface area (Å²) >= 11 is 0. The molecule has 0 unspecified atom stereocenters. The molecule has 2 atom stereocenters. The molecular weight excluding hydrogens is 328 g/mol. The van der Waals surface area contributed by atoms with Crippen LogP contribution in [0.25, 0.3) is 0 Å². The molecule has 0 bridgehead atoms. The van der Waals surface area contributed by atoms with Gasteiger partial charge in [0, 0.05) is 19.5 Å². The van der Waals surface area contributed by atoms with Crippen LogP contribution in [0.3, 0.4) is 0 Å². The Bertz CT molecular complexity index is 733. The Morgan fingerprint density at radius 1 is 1.12 bits per heavy atom. The second-order valence-corrected chi connectivity index (χ2v) is 6.46. The van der Waals surface area contributed by atoms with Crippen LogP contribution in [0.2, 0.25) is 0 Å². The molecule has 2 aromatic rings. The number of nitrogens with zero attached hydrogens (tertiary/aromatic N) is 1. The van der Waals surface area contributed by atoms with Crippen LogP contribution in [-0.2, 0) is 27.2 Å². The molecule has 26 heavy (non-hydrogen) atoms. The van der Waals surface area contributed by atoms with Gasteiger partial charge in [0.25, 0.3) is 0 Å². The maximum Gasteiger partial charge on any atom is 0.328 e. The number of carbonyl (C=O) groups is 2. The summed E-state index contributed by atoms with van der Waals surface area (Å²) in [7, 11) is 1.37. The van der Waals surface area contributed by atoms with Gasteiger partial charge in [-0.05, 0) is 17.5 Å². The minimum Gasteiger partial charge on any atom is -0.467 e. The van der Waals surface area contributed by atoms with Crippen LogP contribution >= 0.6 is 0 Å². The van der Waals surface area contributed by atoms with E-state index in [9.17, 15) is 9.59 Å². The molecule has 1 N–H and O–H groups in total. The molecule has 1 saturated heterocycles. The summed E-state index contributed by atoms with van der Waals surface area (Å²) in [5, 5.41) is 3.28. The van der Waals surface area contributed by atoms with Crippen LogP contribution in [-0.4, -0.2) is 49.1 Å². The number of hydrogen-bond donors (Lipinski definition) is 1. The van der Waals surface area contributed by atoms with E-state index in [0.29, 0.717) is 25.9 Å². The van der Waals surface area contributed by atoms with Gasteiger partial charge < -0.3 is 15.0 Å². The Hall–Kier alpha value is -2.66. The van der Waals surface area contributed by atoms with Crippen LogP contribution in [0.4, 0.5) is 0 Å². The Labute approximate surface area is 154 Å². The smallest absolute Gasteiger partial charge is 0.328 e. The highest BCUT2D eigenvalue weighted by Crippen LogP contribution is 2.16. The molecule has 0 saturated carbocycles. The third kappa shape index (κ3) is 4.29. The fourth-order valence-corrected chi connectivity index (χ4v) is 3.37. The van der Waals surface area contributed by atoms with Crippen molar-refractivity contribution in [1.29, 1.82) is 0 Å². The highest BCUT2D eigenvalue weighted by Gasteiger charge is 2.36. The van der Waals surface area contributed by atoms with E-state index in [-0.39, 0.29) is 17.9 Å². The first-order valence-electron chi connectivity index (χ1n) is 8.88. The number of esters is 1. The van der Waals surface area contributed by atoms with Crippen molar-refractivity contribution in [2.45, 2.75) is 24.9 Å². The molecule has 3 rings (SSSR count). The van der Waals surface area contributed by atoms with E-state index in [1.54, 1.807) is 4.90 Å². The SMILES string of the molecule is COC(=O)[C@H](Cc1ccccc1)N1CCN[C@@H](Cc2ccccc2)C1=O. The lowest BCUT2D eigenvalue weighted by Crippen LogP contribution is -2.60. The van der Waals surface area contributed by atoms with Gasteiger partial charge in [-0.15, -0.1) is 0 Å². The van der Waals surface area contributed by atoms with Crippen LogP contribution in [0.5, 0.6) is 0 Å². The average molecular weight is 352 g/mol. The van der Waals surface area contributed by atoms with Gasteiger partial charge in [0.15, 0.2) is 0 Å². The van der Waals surface area contributed by atoms with Gasteiger partial charge in [-0.3, -0.25) is 4.79 Å². The molecule has 0 radical (unpaired) electrons. The Morgan fingerprint density at radius 3 is 2.35 bits per heavy atom. The van der Waals surface area contributed by atoms with Crippen molar-refractivity contribution < 1.29 is 14.3 Å². The van der Waals surface area contributed by atoms with Crippen LogP contribution < -0.4 is 5.32 Å². The third-order valence-electron chi connectivity index (χ3n) is 4.73. The van der Waals surface area contributed by atoms with Crippen molar-refractivity contribution in [3.63, 3.8) is 0 Å². The Balaban J connectivity index is 1.77. The van der Waals surface area contributed by atoms with E-state index in [2.05, 4.69) is 5.32 Å². The molecule has 136 valence electrons. The van der Waals surface area contributed by atoms with Crippen molar-refractivity contribution in [2.24, 2.45) is 0 Å². The summed E-state index contributed by atoms with van der Waals surface area (Å²) < 4.78 is 4.99. The van der Waals surface area contributed by atoms with Crippen molar-refractivity contribution in [1.82, 2.24) is 10.2 Å². The van der Waals surface area contributed by atoms with Crippen LogP contribution in [0.15, 0.2) is 60.7 Å².